The lowest BCUT2D eigenvalue weighted by molar-refractivity contribution is -0.111. The summed E-state index contributed by atoms with van der Waals surface area (Å²) >= 11 is 6.10. The number of hydrogen-bond acceptors (Lipinski definition) is 3. The van der Waals surface area contributed by atoms with E-state index in [2.05, 4.69) is 10.6 Å². The van der Waals surface area contributed by atoms with E-state index >= 15 is 0 Å². The van der Waals surface area contributed by atoms with E-state index in [-0.39, 0.29) is 11.8 Å². The van der Waals surface area contributed by atoms with Crippen LogP contribution in [0.4, 0.5) is 11.4 Å². The topological polar surface area (TPSA) is 71.3 Å². The molecule has 0 saturated heterocycles. The Morgan fingerprint density at radius 3 is 2.52 bits per heavy atom. The number of para-hydroxylation sites is 1. The summed E-state index contributed by atoms with van der Waals surface area (Å²) in [5, 5.41) is 6.11. The number of carbonyl (C=O) groups is 2. The van der Waals surface area contributed by atoms with Crippen molar-refractivity contribution in [1.29, 1.82) is 0 Å². The molecule has 6 heteroatoms. The predicted octanol–water partition coefficient (Wildman–Crippen LogP) is 5.15. The van der Waals surface area contributed by atoms with Gasteiger partial charge in [0.05, 0.1) is 17.5 Å². The molecule has 0 aliphatic heterocycles. The second-order valence-electron chi connectivity index (χ2n) is 5.75. The van der Waals surface area contributed by atoms with Crippen LogP contribution in [0.5, 0.6) is 0 Å². The Bertz CT molecular complexity index is 994. The number of hydrogen-bond donors (Lipinski definition) is 2. The molecule has 0 fully saturated rings. The standard InChI is InChI=1S/C21H17ClN2O3/c1-14-17(22)8-4-10-18(14)24-21(26)16-7-2-3-9-19(16)23-20(25)12-11-15-6-5-13-27-15/h2-13H,1H3,(H,23,25)(H,24,26)/b12-11+. The van der Waals surface area contributed by atoms with Crippen LogP contribution in [-0.2, 0) is 4.79 Å². The highest BCUT2D eigenvalue weighted by Gasteiger charge is 2.14. The molecule has 0 unspecified atom stereocenters. The quantitative estimate of drug-likeness (QED) is 0.601. The van der Waals surface area contributed by atoms with Crippen molar-refractivity contribution in [3.8, 4) is 0 Å². The minimum atomic E-state index is -0.370. The largest absolute Gasteiger partial charge is 0.465 e. The molecule has 0 radical (unpaired) electrons. The number of amides is 2. The van der Waals surface area contributed by atoms with Crippen LogP contribution < -0.4 is 10.6 Å². The number of anilines is 2. The number of rotatable bonds is 5. The molecule has 27 heavy (non-hydrogen) atoms. The molecule has 3 aromatic rings. The molecule has 0 aliphatic carbocycles. The minimum Gasteiger partial charge on any atom is -0.465 e. The smallest absolute Gasteiger partial charge is 0.257 e. The maximum Gasteiger partial charge on any atom is 0.257 e. The summed E-state index contributed by atoms with van der Waals surface area (Å²) in [6.07, 6.45) is 4.41. The van der Waals surface area contributed by atoms with E-state index < -0.39 is 0 Å². The van der Waals surface area contributed by atoms with Gasteiger partial charge in [0.2, 0.25) is 5.91 Å². The minimum absolute atomic E-state index is 0.341. The highest BCUT2D eigenvalue weighted by Crippen LogP contribution is 2.24. The van der Waals surface area contributed by atoms with Crippen LogP contribution in [-0.4, -0.2) is 11.8 Å². The van der Waals surface area contributed by atoms with E-state index in [9.17, 15) is 9.59 Å². The maximum absolute atomic E-state index is 12.7. The van der Waals surface area contributed by atoms with Crippen molar-refractivity contribution < 1.29 is 14.0 Å². The van der Waals surface area contributed by atoms with Gasteiger partial charge >= 0.3 is 0 Å². The lowest BCUT2D eigenvalue weighted by Gasteiger charge is -2.12. The molecule has 0 atom stereocenters. The summed E-state index contributed by atoms with van der Waals surface area (Å²) < 4.78 is 5.14. The Balaban J connectivity index is 1.76. The zero-order chi connectivity index (χ0) is 19.2. The molecule has 0 bridgehead atoms. The van der Waals surface area contributed by atoms with Gasteiger partial charge in [-0.3, -0.25) is 9.59 Å². The molecule has 136 valence electrons. The van der Waals surface area contributed by atoms with Crippen LogP contribution >= 0.6 is 11.6 Å². The number of furan rings is 1. The van der Waals surface area contributed by atoms with Gasteiger partial charge in [0, 0.05) is 16.8 Å². The van der Waals surface area contributed by atoms with Crippen LogP contribution in [0.3, 0.4) is 0 Å². The number of halogens is 1. The average molecular weight is 381 g/mol. The maximum atomic E-state index is 12.7. The molecular formula is C21H17ClN2O3. The van der Waals surface area contributed by atoms with Gasteiger partial charge in [0.25, 0.3) is 5.91 Å². The first-order valence-corrected chi connectivity index (χ1v) is 8.60. The third-order valence-corrected chi connectivity index (χ3v) is 4.30. The molecule has 2 amide bonds. The van der Waals surface area contributed by atoms with Crippen LogP contribution in [0.2, 0.25) is 5.02 Å². The Morgan fingerprint density at radius 1 is 0.963 bits per heavy atom. The van der Waals surface area contributed by atoms with Crippen molar-refractivity contribution >= 4 is 40.9 Å². The van der Waals surface area contributed by atoms with Gasteiger partial charge in [-0.1, -0.05) is 29.8 Å². The zero-order valence-corrected chi connectivity index (χ0v) is 15.3. The Labute approximate surface area is 161 Å². The first kappa shape index (κ1) is 18.5. The van der Waals surface area contributed by atoms with Crippen molar-refractivity contribution in [2.24, 2.45) is 0 Å². The van der Waals surface area contributed by atoms with Crippen molar-refractivity contribution in [1.82, 2.24) is 0 Å². The van der Waals surface area contributed by atoms with Gasteiger partial charge in [-0.2, -0.15) is 0 Å². The molecule has 2 aromatic carbocycles. The fourth-order valence-corrected chi connectivity index (χ4v) is 2.62. The summed E-state index contributed by atoms with van der Waals surface area (Å²) in [6.45, 7) is 1.82. The lowest BCUT2D eigenvalue weighted by atomic mass is 10.1. The van der Waals surface area contributed by atoms with Gasteiger partial charge in [0.15, 0.2) is 0 Å². The van der Waals surface area contributed by atoms with Gasteiger partial charge in [-0.25, -0.2) is 0 Å². The van der Waals surface area contributed by atoms with Crippen LogP contribution in [0.1, 0.15) is 21.7 Å². The van der Waals surface area contributed by atoms with E-state index in [1.807, 2.05) is 6.92 Å². The Hall–Kier alpha value is -3.31. The van der Waals surface area contributed by atoms with E-state index in [0.717, 1.165) is 5.56 Å². The first-order valence-electron chi connectivity index (χ1n) is 8.22. The molecule has 0 saturated carbocycles. The van der Waals surface area contributed by atoms with Crippen LogP contribution in [0.15, 0.2) is 71.4 Å². The molecule has 0 aliphatic rings. The molecule has 1 heterocycles. The number of benzene rings is 2. The molecule has 0 spiro atoms. The van der Waals surface area contributed by atoms with E-state index in [4.69, 9.17) is 16.0 Å². The van der Waals surface area contributed by atoms with Gasteiger partial charge in [-0.15, -0.1) is 0 Å². The molecule has 5 nitrogen and oxygen atoms in total. The lowest BCUT2D eigenvalue weighted by Crippen LogP contribution is -2.17. The van der Waals surface area contributed by atoms with Crippen LogP contribution in [0, 0.1) is 6.92 Å². The van der Waals surface area contributed by atoms with Crippen molar-refractivity contribution in [3.63, 3.8) is 0 Å². The van der Waals surface area contributed by atoms with Gasteiger partial charge < -0.3 is 15.1 Å². The first-order chi connectivity index (χ1) is 13.0. The highest BCUT2D eigenvalue weighted by atomic mass is 35.5. The van der Waals surface area contributed by atoms with Gasteiger partial charge in [0.1, 0.15) is 5.76 Å². The van der Waals surface area contributed by atoms with Crippen molar-refractivity contribution in [2.45, 2.75) is 6.92 Å². The van der Waals surface area contributed by atoms with Crippen molar-refractivity contribution in [3.05, 3.63) is 88.8 Å². The van der Waals surface area contributed by atoms with Gasteiger partial charge in [-0.05, 0) is 55.0 Å². The zero-order valence-electron chi connectivity index (χ0n) is 14.5. The monoisotopic (exact) mass is 380 g/mol. The third-order valence-electron chi connectivity index (χ3n) is 3.89. The predicted molar refractivity (Wildman–Crippen MR) is 107 cm³/mol. The fraction of sp³-hybridized carbons (Fsp3) is 0.0476. The summed E-state index contributed by atoms with van der Waals surface area (Å²) in [5.41, 5.74) is 2.14. The number of nitrogens with one attached hydrogen (secondary N) is 2. The highest BCUT2D eigenvalue weighted by molar-refractivity contribution is 6.31. The molecular weight excluding hydrogens is 364 g/mol. The summed E-state index contributed by atoms with van der Waals surface area (Å²) in [4.78, 5) is 24.8. The molecule has 1 aromatic heterocycles. The normalized spacial score (nSPS) is 10.7. The van der Waals surface area contributed by atoms with E-state index in [0.29, 0.717) is 27.7 Å². The fourth-order valence-electron chi connectivity index (χ4n) is 2.44. The third kappa shape index (κ3) is 4.65. The summed E-state index contributed by atoms with van der Waals surface area (Å²) in [6, 6.07) is 15.5. The molecule has 2 N–H and O–H groups in total. The number of carbonyl (C=O) groups excluding carboxylic acids is 2. The molecule has 3 rings (SSSR count). The summed E-state index contributed by atoms with van der Waals surface area (Å²) in [5.74, 6) is -0.149. The summed E-state index contributed by atoms with van der Waals surface area (Å²) in [7, 11) is 0. The second-order valence-corrected chi connectivity index (χ2v) is 6.16. The Morgan fingerprint density at radius 2 is 1.74 bits per heavy atom. The van der Waals surface area contributed by atoms with Crippen LogP contribution in [0.25, 0.3) is 6.08 Å². The SMILES string of the molecule is Cc1c(Cl)cccc1NC(=O)c1ccccc1NC(=O)/C=C/c1ccco1. The van der Waals surface area contributed by atoms with E-state index in [1.165, 1.54) is 12.3 Å². The van der Waals surface area contributed by atoms with E-state index in [1.54, 1.807) is 60.7 Å². The Kier molecular flexibility index (Phi) is 5.74. The second kappa shape index (κ2) is 8.38. The average Bonchev–Trinajstić information content (AvgIpc) is 3.18. The van der Waals surface area contributed by atoms with Crippen molar-refractivity contribution in [2.75, 3.05) is 10.6 Å².